The Morgan fingerprint density at radius 1 is 1.43 bits per heavy atom. The van der Waals surface area contributed by atoms with Crippen LogP contribution in [0.4, 0.5) is 4.39 Å². The number of benzene rings is 1. The highest BCUT2D eigenvalue weighted by molar-refractivity contribution is 9.10. The average Bonchev–Trinajstić information content (AvgIpc) is 2.15. The molecule has 3 heteroatoms. The molecule has 78 valence electrons. The van der Waals surface area contributed by atoms with E-state index in [4.69, 9.17) is 5.11 Å². The van der Waals surface area contributed by atoms with Crippen LogP contribution in [-0.4, -0.2) is 11.7 Å². The fraction of sp³-hybridized carbons (Fsp3) is 0.455. The first-order valence-corrected chi connectivity index (χ1v) is 5.39. The van der Waals surface area contributed by atoms with Crippen LogP contribution in [0.5, 0.6) is 0 Å². The average molecular weight is 261 g/mol. The van der Waals surface area contributed by atoms with Gasteiger partial charge in [0.1, 0.15) is 6.17 Å². The van der Waals surface area contributed by atoms with Gasteiger partial charge in [-0.1, -0.05) is 35.0 Å². The molecular formula is C11H14BrFO. The van der Waals surface area contributed by atoms with Crippen LogP contribution in [0.15, 0.2) is 22.7 Å². The minimum Gasteiger partial charge on any atom is -0.396 e. The maximum atomic E-state index is 13.0. The zero-order chi connectivity index (χ0) is 10.7. The van der Waals surface area contributed by atoms with E-state index in [0.717, 1.165) is 10.0 Å². The minimum atomic E-state index is -0.970. The van der Waals surface area contributed by atoms with Gasteiger partial charge < -0.3 is 5.11 Å². The fourth-order valence-corrected chi connectivity index (χ4v) is 1.99. The molecule has 0 fully saturated rings. The Bertz CT molecular complexity index is 312. The number of halogens is 2. The van der Waals surface area contributed by atoms with Crippen molar-refractivity contribution in [1.82, 2.24) is 0 Å². The standard InChI is InChI=1S/C11H14BrFO/c1-7(6-14)9-3-4-10(8(2)13)11(12)5-9/h3-5,7-8,14H,6H2,1-2H3. The highest BCUT2D eigenvalue weighted by Crippen LogP contribution is 2.28. The second kappa shape index (κ2) is 4.89. The van der Waals surface area contributed by atoms with Crippen molar-refractivity contribution in [2.45, 2.75) is 25.9 Å². The molecule has 0 aliphatic heterocycles. The maximum absolute atomic E-state index is 13.0. The summed E-state index contributed by atoms with van der Waals surface area (Å²) in [5.41, 5.74) is 1.67. The summed E-state index contributed by atoms with van der Waals surface area (Å²) in [6, 6.07) is 5.49. The normalized spacial score (nSPS) is 15.2. The lowest BCUT2D eigenvalue weighted by molar-refractivity contribution is 0.273. The van der Waals surface area contributed by atoms with E-state index in [2.05, 4.69) is 15.9 Å². The van der Waals surface area contributed by atoms with E-state index in [1.165, 1.54) is 6.92 Å². The Balaban J connectivity index is 3.00. The van der Waals surface area contributed by atoms with Crippen molar-refractivity contribution in [3.05, 3.63) is 33.8 Å². The van der Waals surface area contributed by atoms with Crippen LogP contribution in [0, 0.1) is 0 Å². The first-order chi connectivity index (χ1) is 6.56. The van der Waals surface area contributed by atoms with Crippen molar-refractivity contribution >= 4 is 15.9 Å². The van der Waals surface area contributed by atoms with E-state index in [1.54, 1.807) is 6.07 Å². The first-order valence-electron chi connectivity index (χ1n) is 4.60. The number of rotatable bonds is 3. The van der Waals surface area contributed by atoms with Crippen molar-refractivity contribution in [2.75, 3.05) is 6.61 Å². The highest BCUT2D eigenvalue weighted by Gasteiger charge is 2.10. The lowest BCUT2D eigenvalue weighted by atomic mass is 10.00. The molecule has 0 aliphatic rings. The monoisotopic (exact) mass is 260 g/mol. The quantitative estimate of drug-likeness (QED) is 0.881. The van der Waals surface area contributed by atoms with Gasteiger partial charge in [-0.15, -0.1) is 0 Å². The second-order valence-electron chi connectivity index (χ2n) is 3.48. The Labute approximate surface area is 92.1 Å². The Hall–Kier alpha value is -0.410. The summed E-state index contributed by atoms with van der Waals surface area (Å²) in [7, 11) is 0. The molecule has 1 N–H and O–H groups in total. The summed E-state index contributed by atoms with van der Waals surface area (Å²) >= 11 is 3.32. The lowest BCUT2D eigenvalue weighted by Crippen LogP contribution is -1.99. The van der Waals surface area contributed by atoms with E-state index in [1.807, 2.05) is 19.1 Å². The third-order valence-electron chi connectivity index (χ3n) is 2.30. The molecule has 0 aromatic heterocycles. The summed E-state index contributed by atoms with van der Waals surface area (Å²) in [4.78, 5) is 0. The Morgan fingerprint density at radius 3 is 2.50 bits per heavy atom. The molecule has 0 aliphatic carbocycles. The molecule has 0 bridgehead atoms. The zero-order valence-electron chi connectivity index (χ0n) is 8.30. The SMILES string of the molecule is CC(F)c1ccc(C(C)CO)cc1Br. The molecule has 1 rings (SSSR count). The van der Waals surface area contributed by atoms with Crippen molar-refractivity contribution in [3.8, 4) is 0 Å². The Morgan fingerprint density at radius 2 is 2.07 bits per heavy atom. The summed E-state index contributed by atoms with van der Waals surface area (Å²) < 4.78 is 13.8. The minimum absolute atomic E-state index is 0.0928. The van der Waals surface area contributed by atoms with Gasteiger partial charge in [0.15, 0.2) is 0 Å². The van der Waals surface area contributed by atoms with Gasteiger partial charge in [-0.2, -0.15) is 0 Å². The van der Waals surface area contributed by atoms with Crippen molar-refractivity contribution < 1.29 is 9.50 Å². The summed E-state index contributed by atoms with van der Waals surface area (Å²) in [5.74, 6) is 0.0928. The van der Waals surface area contributed by atoms with Crippen molar-refractivity contribution in [3.63, 3.8) is 0 Å². The van der Waals surface area contributed by atoms with Gasteiger partial charge in [0.05, 0.1) is 0 Å². The van der Waals surface area contributed by atoms with Crippen molar-refractivity contribution in [2.24, 2.45) is 0 Å². The first kappa shape index (κ1) is 11.7. The molecule has 0 saturated carbocycles. The fourth-order valence-electron chi connectivity index (χ4n) is 1.28. The third-order valence-corrected chi connectivity index (χ3v) is 2.98. The lowest BCUT2D eigenvalue weighted by Gasteiger charge is -2.11. The van der Waals surface area contributed by atoms with E-state index in [0.29, 0.717) is 5.56 Å². The number of hydrogen-bond donors (Lipinski definition) is 1. The molecule has 2 atom stereocenters. The molecule has 1 aromatic rings. The van der Waals surface area contributed by atoms with E-state index in [-0.39, 0.29) is 12.5 Å². The van der Waals surface area contributed by atoms with Gasteiger partial charge in [-0.05, 0) is 24.1 Å². The smallest absolute Gasteiger partial charge is 0.123 e. The number of alkyl halides is 1. The van der Waals surface area contributed by atoms with Gasteiger partial charge in [-0.3, -0.25) is 0 Å². The predicted molar refractivity (Wildman–Crippen MR) is 59.2 cm³/mol. The molecule has 14 heavy (non-hydrogen) atoms. The molecular weight excluding hydrogens is 247 g/mol. The molecule has 0 heterocycles. The molecule has 1 nitrogen and oxygen atoms in total. The molecule has 0 saturated heterocycles. The molecule has 0 radical (unpaired) electrons. The second-order valence-corrected chi connectivity index (χ2v) is 4.33. The van der Waals surface area contributed by atoms with Crippen LogP contribution >= 0.6 is 15.9 Å². The van der Waals surface area contributed by atoms with Crippen LogP contribution in [-0.2, 0) is 0 Å². The van der Waals surface area contributed by atoms with Gasteiger partial charge in [0.25, 0.3) is 0 Å². The van der Waals surface area contributed by atoms with E-state index >= 15 is 0 Å². The molecule has 2 unspecified atom stereocenters. The number of hydrogen-bond acceptors (Lipinski definition) is 1. The van der Waals surface area contributed by atoms with Gasteiger partial charge in [0, 0.05) is 17.0 Å². The zero-order valence-corrected chi connectivity index (χ0v) is 9.88. The number of aliphatic hydroxyl groups is 1. The van der Waals surface area contributed by atoms with Crippen LogP contribution < -0.4 is 0 Å². The molecule has 0 amide bonds. The van der Waals surface area contributed by atoms with Crippen LogP contribution in [0.25, 0.3) is 0 Å². The van der Waals surface area contributed by atoms with E-state index in [9.17, 15) is 4.39 Å². The topological polar surface area (TPSA) is 20.2 Å². The summed E-state index contributed by atoms with van der Waals surface area (Å²) in [5, 5.41) is 8.97. The number of aliphatic hydroxyl groups excluding tert-OH is 1. The Kier molecular flexibility index (Phi) is 4.08. The largest absolute Gasteiger partial charge is 0.396 e. The van der Waals surface area contributed by atoms with Crippen LogP contribution in [0.2, 0.25) is 0 Å². The van der Waals surface area contributed by atoms with Gasteiger partial charge in [-0.25, -0.2) is 4.39 Å². The van der Waals surface area contributed by atoms with Crippen molar-refractivity contribution in [1.29, 1.82) is 0 Å². The predicted octanol–water partition coefficient (Wildman–Crippen LogP) is 3.58. The summed E-state index contributed by atoms with van der Waals surface area (Å²) in [6.45, 7) is 3.55. The maximum Gasteiger partial charge on any atom is 0.123 e. The summed E-state index contributed by atoms with van der Waals surface area (Å²) in [6.07, 6.45) is -0.970. The van der Waals surface area contributed by atoms with E-state index < -0.39 is 6.17 Å². The van der Waals surface area contributed by atoms with Gasteiger partial charge in [0.2, 0.25) is 0 Å². The molecule has 0 spiro atoms. The highest BCUT2D eigenvalue weighted by atomic mass is 79.9. The molecule has 1 aromatic carbocycles. The van der Waals surface area contributed by atoms with Gasteiger partial charge >= 0.3 is 0 Å². The third kappa shape index (κ3) is 2.55. The van der Waals surface area contributed by atoms with Crippen LogP contribution in [0.3, 0.4) is 0 Å². The van der Waals surface area contributed by atoms with Crippen LogP contribution in [0.1, 0.15) is 37.1 Å².